The second-order valence-corrected chi connectivity index (χ2v) is 6.09. The van der Waals surface area contributed by atoms with Crippen molar-refractivity contribution in [2.24, 2.45) is 11.8 Å². The highest BCUT2D eigenvalue weighted by atomic mass is 16.5. The van der Waals surface area contributed by atoms with Crippen molar-refractivity contribution in [3.8, 4) is 0 Å². The van der Waals surface area contributed by atoms with E-state index in [1.165, 1.54) is 0 Å². The Kier molecular flexibility index (Phi) is 2.50. The number of carbonyl (C=O) groups excluding carboxylic acids is 1. The van der Waals surface area contributed by atoms with E-state index in [2.05, 4.69) is 0 Å². The second kappa shape index (κ2) is 4.05. The van der Waals surface area contributed by atoms with Gasteiger partial charge in [0, 0.05) is 13.2 Å². The summed E-state index contributed by atoms with van der Waals surface area (Å²) in [5.74, 6) is -2.36. The van der Waals surface area contributed by atoms with Crippen molar-refractivity contribution >= 4 is 11.9 Å². The molecule has 4 rings (SSSR count). The van der Waals surface area contributed by atoms with Crippen LogP contribution in [-0.2, 0) is 19.1 Å². The number of aliphatic carboxylic acids is 1. The molecule has 6 heteroatoms. The first-order chi connectivity index (χ1) is 9.61. The van der Waals surface area contributed by atoms with Crippen molar-refractivity contribution < 1.29 is 24.2 Å². The lowest BCUT2D eigenvalue weighted by Gasteiger charge is -2.23. The van der Waals surface area contributed by atoms with E-state index in [1.54, 1.807) is 11.0 Å². The van der Waals surface area contributed by atoms with Crippen LogP contribution in [0.15, 0.2) is 12.2 Å². The number of nitrogens with zero attached hydrogens (tertiary/aromatic N) is 1. The van der Waals surface area contributed by atoms with E-state index in [9.17, 15) is 14.7 Å². The number of hydrogen-bond donors (Lipinski definition) is 1. The first-order valence-corrected chi connectivity index (χ1v) is 7.11. The van der Waals surface area contributed by atoms with Crippen LogP contribution in [0.2, 0.25) is 0 Å². The van der Waals surface area contributed by atoms with Crippen LogP contribution in [0.5, 0.6) is 0 Å². The van der Waals surface area contributed by atoms with Crippen LogP contribution >= 0.6 is 0 Å². The van der Waals surface area contributed by atoms with Crippen LogP contribution in [-0.4, -0.2) is 59.4 Å². The molecule has 0 saturated carbocycles. The van der Waals surface area contributed by atoms with Gasteiger partial charge < -0.3 is 19.5 Å². The number of carbonyl (C=O) groups is 2. The van der Waals surface area contributed by atoms with Gasteiger partial charge in [-0.1, -0.05) is 12.2 Å². The highest BCUT2D eigenvalue weighted by Crippen LogP contribution is 2.51. The Morgan fingerprint density at radius 2 is 2.40 bits per heavy atom. The van der Waals surface area contributed by atoms with Gasteiger partial charge in [-0.25, -0.2) is 0 Å². The van der Waals surface area contributed by atoms with Gasteiger partial charge in [0.25, 0.3) is 0 Å². The van der Waals surface area contributed by atoms with Crippen molar-refractivity contribution in [3.05, 3.63) is 12.2 Å². The summed E-state index contributed by atoms with van der Waals surface area (Å²) >= 11 is 0. The fourth-order valence-electron chi connectivity index (χ4n) is 4.05. The molecule has 0 aromatic heterocycles. The number of amides is 1. The summed E-state index contributed by atoms with van der Waals surface area (Å²) in [6.45, 7) is 1.75. The van der Waals surface area contributed by atoms with E-state index in [-0.39, 0.29) is 12.0 Å². The zero-order valence-corrected chi connectivity index (χ0v) is 11.0. The van der Waals surface area contributed by atoms with E-state index < -0.39 is 29.5 Å². The minimum Gasteiger partial charge on any atom is -0.481 e. The molecular formula is C14H17NO5. The molecule has 3 fully saturated rings. The molecule has 0 radical (unpaired) electrons. The molecule has 0 unspecified atom stereocenters. The molecule has 6 nitrogen and oxygen atoms in total. The number of ether oxygens (including phenoxy) is 2. The Morgan fingerprint density at radius 3 is 3.10 bits per heavy atom. The average Bonchev–Trinajstić information content (AvgIpc) is 3.12. The minimum atomic E-state index is -0.946. The van der Waals surface area contributed by atoms with Crippen LogP contribution in [0.4, 0.5) is 0 Å². The maximum Gasteiger partial charge on any atom is 0.310 e. The molecule has 4 heterocycles. The molecule has 4 aliphatic heterocycles. The largest absolute Gasteiger partial charge is 0.481 e. The van der Waals surface area contributed by atoms with Crippen molar-refractivity contribution in [1.29, 1.82) is 0 Å². The lowest BCUT2D eigenvalue weighted by atomic mass is 9.77. The maximum absolute atomic E-state index is 12.6. The molecule has 0 aromatic rings. The molecule has 2 bridgehead atoms. The Bertz CT molecular complexity index is 498. The van der Waals surface area contributed by atoms with Gasteiger partial charge in [0.15, 0.2) is 0 Å². The zero-order valence-electron chi connectivity index (χ0n) is 11.0. The summed E-state index contributed by atoms with van der Waals surface area (Å²) in [5.41, 5.74) is -0.719. The smallest absolute Gasteiger partial charge is 0.310 e. The van der Waals surface area contributed by atoms with Crippen LogP contribution in [0.1, 0.15) is 12.8 Å². The Labute approximate surface area is 116 Å². The highest BCUT2D eigenvalue weighted by Gasteiger charge is 2.67. The van der Waals surface area contributed by atoms with Crippen LogP contribution in [0.3, 0.4) is 0 Å². The quantitative estimate of drug-likeness (QED) is 0.738. The van der Waals surface area contributed by atoms with Crippen molar-refractivity contribution in [2.75, 3.05) is 19.7 Å². The predicted octanol–water partition coefficient (Wildman–Crippen LogP) is 0.0320. The normalized spacial score (nSPS) is 45.4. The predicted molar refractivity (Wildman–Crippen MR) is 66.9 cm³/mol. The summed E-state index contributed by atoms with van der Waals surface area (Å²) in [7, 11) is 0. The number of carboxylic acids is 1. The summed E-state index contributed by atoms with van der Waals surface area (Å²) in [5, 5.41) is 9.36. The van der Waals surface area contributed by atoms with Crippen molar-refractivity contribution in [3.63, 3.8) is 0 Å². The lowest BCUT2D eigenvalue weighted by molar-refractivity contribution is -0.148. The molecule has 1 spiro atoms. The Hall–Kier alpha value is -1.40. The summed E-state index contributed by atoms with van der Waals surface area (Å²) < 4.78 is 11.4. The van der Waals surface area contributed by atoms with Gasteiger partial charge in [-0.3, -0.25) is 9.59 Å². The summed E-state index contributed by atoms with van der Waals surface area (Å²) in [4.78, 5) is 25.7. The minimum absolute atomic E-state index is 0.0821. The number of hydrogen-bond acceptors (Lipinski definition) is 4. The molecule has 5 atom stereocenters. The number of rotatable bonds is 3. The van der Waals surface area contributed by atoms with Crippen LogP contribution < -0.4 is 0 Å². The standard InChI is InChI=1S/C14H17NO5/c16-12-11-10(13(17)18)9-3-4-14(11,20-9)7-15(12)6-8-2-1-5-19-8/h3-4,8-11H,1-2,5-7H2,(H,17,18)/t8-,9-,10-,11+,14+/m1/s1. The third-order valence-corrected chi connectivity index (χ3v) is 4.91. The van der Waals surface area contributed by atoms with Crippen molar-refractivity contribution in [1.82, 2.24) is 4.90 Å². The topological polar surface area (TPSA) is 76.1 Å². The highest BCUT2D eigenvalue weighted by molar-refractivity contribution is 5.90. The molecule has 1 amide bonds. The monoisotopic (exact) mass is 279 g/mol. The fraction of sp³-hybridized carbons (Fsp3) is 0.714. The van der Waals surface area contributed by atoms with E-state index >= 15 is 0 Å². The van der Waals surface area contributed by atoms with E-state index in [4.69, 9.17) is 9.47 Å². The molecule has 1 N–H and O–H groups in total. The van der Waals surface area contributed by atoms with Gasteiger partial charge in [0.05, 0.1) is 24.7 Å². The molecule has 0 aromatic carbocycles. The number of carboxylic acid groups (broad SMARTS) is 1. The van der Waals surface area contributed by atoms with Crippen LogP contribution in [0, 0.1) is 11.8 Å². The molecule has 4 aliphatic rings. The fourth-order valence-corrected chi connectivity index (χ4v) is 4.05. The number of likely N-dealkylation sites (tertiary alicyclic amines) is 1. The van der Waals surface area contributed by atoms with Crippen LogP contribution in [0.25, 0.3) is 0 Å². The van der Waals surface area contributed by atoms with Crippen molar-refractivity contribution in [2.45, 2.75) is 30.7 Å². The molecule has 3 saturated heterocycles. The van der Waals surface area contributed by atoms with E-state index in [0.29, 0.717) is 13.1 Å². The second-order valence-electron chi connectivity index (χ2n) is 6.09. The van der Waals surface area contributed by atoms with Gasteiger partial charge in [-0.15, -0.1) is 0 Å². The Balaban J connectivity index is 1.58. The third kappa shape index (κ3) is 1.52. The first-order valence-electron chi connectivity index (χ1n) is 7.11. The average molecular weight is 279 g/mol. The Morgan fingerprint density at radius 1 is 1.55 bits per heavy atom. The lowest BCUT2D eigenvalue weighted by Crippen LogP contribution is -2.39. The zero-order chi connectivity index (χ0) is 13.9. The van der Waals surface area contributed by atoms with E-state index in [1.807, 2.05) is 6.08 Å². The number of fused-ring (bicyclic) bond motifs is 1. The van der Waals surface area contributed by atoms with Gasteiger partial charge >= 0.3 is 5.97 Å². The van der Waals surface area contributed by atoms with Gasteiger partial charge in [-0.2, -0.15) is 0 Å². The summed E-state index contributed by atoms with van der Waals surface area (Å²) in [6.07, 6.45) is 5.29. The third-order valence-electron chi connectivity index (χ3n) is 4.91. The van der Waals surface area contributed by atoms with Gasteiger partial charge in [0.1, 0.15) is 11.5 Å². The molecule has 20 heavy (non-hydrogen) atoms. The maximum atomic E-state index is 12.6. The van der Waals surface area contributed by atoms with E-state index in [0.717, 1.165) is 19.4 Å². The molecule has 108 valence electrons. The first kappa shape index (κ1) is 12.3. The summed E-state index contributed by atoms with van der Waals surface area (Å²) in [6, 6.07) is 0. The molecule has 0 aliphatic carbocycles. The molecular weight excluding hydrogens is 262 g/mol. The SMILES string of the molecule is O=C(O)[C@H]1[C@H]2C(=O)N(C[C@H]3CCCO3)C[C@@]23C=C[C@H]1O3. The van der Waals surface area contributed by atoms with Gasteiger partial charge in [0.2, 0.25) is 5.91 Å². The van der Waals surface area contributed by atoms with Gasteiger partial charge in [-0.05, 0) is 12.8 Å².